The molecule has 0 spiro atoms. The average Bonchev–Trinajstić information content (AvgIpc) is 2.82. The van der Waals surface area contributed by atoms with E-state index in [1.807, 2.05) is 30.3 Å². The van der Waals surface area contributed by atoms with Crippen LogP contribution in [0.25, 0.3) is 0 Å². The molecule has 0 aliphatic rings. The van der Waals surface area contributed by atoms with Crippen molar-refractivity contribution >= 4 is 6.29 Å². The first kappa shape index (κ1) is 22.2. The second-order valence-corrected chi connectivity index (χ2v) is 6.98. The number of hydrogen-bond donors (Lipinski definition) is 1. The molecule has 0 aliphatic heterocycles. The van der Waals surface area contributed by atoms with Crippen molar-refractivity contribution in [1.29, 1.82) is 0 Å². The Hall–Kier alpha value is -3.51. The molecule has 3 aromatic rings. The van der Waals surface area contributed by atoms with Gasteiger partial charge in [-0.3, -0.25) is 4.79 Å². The normalized spacial score (nSPS) is 12.5. The lowest BCUT2D eigenvalue weighted by Crippen LogP contribution is -2.22. The summed E-state index contributed by atoms with van der Waals surface area (Å²) in [4.78, 5) is 11.0. The van der Waals surface area contributed by atoms with Gasteiger partial charge in [-0.25, -0.2) is 0 Å². The van der Waals surface area contributed by atoms with Crippen LogP contribution in [-0.4, -0.2) is 31.7 Å². The molecule has 3 aromatic carbocycles. The highest BCUT2D eigenvalue weighted by Gasteiger charge is 2.21. The average molecular weight is 422 g/mol. The van der Waals surface area contributed by atoms with E-state index in [0.29, 0.717) is 40.7 Å². The van der Waals surface area contributed by atoms with Gasteiger partial charge in [0.2, 0.25) is 0 Å². The summed E-state index contributed by atoms with van der Waals surface area (Å²) >= 11 is 0. The Balaban J connectivity index is 1.72. The molecule has 0 saturated heterocycles. The van der Waals surface area contributed by atoms with Crippen molar-refractivity contribution in [3.05, 3.63) is 83.4 Å². The van der Waals surface area contributed by atoms with Gasteiger partial charge in [-0.05, 0) is 48.4 Å². The number of carbonyl (C=O) groups excluding carboxylic acids is 1. The van der Waals surface area contributed by atoms with Crippen LogP contribution in [0, 0.1) is 0 Å². The topological polar surface area (TPSA) is 74.2 Å². The van der Waals surface area contributed by atoms with Crippen molar-refractivity contribution < 1.29 is 28.8 Å². The molecule has 0 aliphatic carbocycles. The van der Waals surface area contributed by atoms with Crippen molar-refractivity contribution in [2.45, 2.75) is 25.7 Å². The van der Waals surface area contributed by atoms with Crippen LogP contribution in [0.15, 0.2) is 66.7 Å². The van der Waals surface area contributed by atoms with Crippen molar-refractivity contribution in [2.24, 2.45) is 0 Å². The van der Waals surface area contributed by atoms with E-state index < -0.39 is 12.2 Å². The second-order valence-electron chi connectivity index (χ2n) is 6.98. The zero-order valence-electron chi connectivity index (χ0n) is 17.8. The molecule has 2 atom stereocenters. The highest BCUT2D eigenvalue weighted by atomic mass is 16.5. The maximum Gasteiger partial charge on any atom is 0.161 e. The molecule has 0 amide bonds. The van der Waals surface area contributed by atoms with Crippen LogP contribution in [-0.2, 0) is 6.61 Å². The van der Waals surface area contributed by atoms with Crippen LogP contribution in [0.2, 0.25) is 0 Å². The molecule has 6 nitrogen and oxygen atoms in total. The Morgan fingerprint density at radius 2 is 1.55 bits per heavy atom. The summed E-state index contributed by atoms with van der Waals surface area (Å²) in [5, 5.41) is 10.8. The minimum atomic E-state index is -0.924. The van der Waals surface area contributed by atoms with E-state index in [0.717, 1.165) is 11.8 Å². The smallest absolute Gasteiger partial charge is 0.161 e. The van der Waals surface area contributed by atoms with Crippen LogP contribution in [0.3, 0.4) is 0 Å². The summed E-state index contributed by atoms with van der Waals surface area (Å²) in [6.45, 7) is 2.17. The fourth-order valence-electron chi connectivity index (χ4n) is 3.11. The SMILES string of the molecule is COc1cc([C@H](O)[C@@H](C)Oc2ccc(C=O)cc2OC)ccc1OCc1ccccc1. The number of aldehydes is 1. The van der Waals surface area contributed by atoms with E-state index in [1.54, 1.807) is 50.4 Å². The number of carbonyl (C=O) groups is 1. The van der Waals surface area contributed by atoms with Gasteiger partial charge in [0.05, 0.1) is 14.2 Å². The minimum Gasteiger partial charge on any atom is -0.493 e. The first-order valence-electron chi connectivity index (χ1n) is 9.88. The Morgan fingerprint density at radius 3 is 2.23 bits per heavy atom. The highest BCUT2D eigenvalue weighted by Crippen LogP contribution is 2.34. The third-order valence-corrected chi connectivity index (χ3v) is 4.85. The number of benzene rings is 3. The first-order valence-corrected chi connectivity index (χ1v) is 9.88. The molecule has 3 rings (SSSR count). The Labute approximate surface area is 182 Å². The second kappa shape index (κ2) is 10.5. The monoisotopic (exact) mass is 422 g/mol. The molecule has 6 heteroatoms. The molecule has 0 fully saturated rings. The first-order chi connectivity index (χ1) is 15.0. The molecule has 162 valence electrons. The van der Waals surface area contributed by atoms with E-state index in [2.05, 4.69) is 0 Å². The zero-order chi connectivity index (χ0) is 22.2. The molecule has 1 N–H and O–H groups in total. The standard InChI is InChI=1S/C25H26O6/c1-17(31-22-11-9-19(15-26)13-23(22)28-2)25(27)20-10-12-21(24(14-20)29-3)30-16-18-7-5-4-6-8-18/h4-15,17,25,27H,16H2,1-3H3/t17-,25-/m1/s1. The van der Waals surface area contributed by atoms with Gasteiger partial charge < -0.3 is 24.1 Å². The quantitative estimate of drug-likeness (QED) is 0.482. The van der Waals surface area contributed by atoms with Gasteiger partial charge in [-0.15, -0.1) is 0 Å². The van der Waals surface area contributed by atoms with Gasteiger partial charge in [-0.1, -0.05) is 36.4 Å². The third kappa shape index (κ3) is 5.55. The Bertz CT molecular complexity index is 1000. The van der Waals surface area contributed by atoms with Gasteiger partial charge in [-0.2, -0.15) is 0 Å². The largest absolute Gasteiger partial charge is 0.493 e. The molecule has 31 heavy (non-hydrogen) atoms. The maximum absolute atomic E-state index is 11.0. The fourth-order valence-corrected chi connectivity index (χ4v) is 3.11. The number of hydrogen-bond acceptors (Lipinski definition) is 6. The van der Waals surface area contributed by atoms with Gasteiger partial charge in [0.25, 0.3) is 0 Å². The lowest BCUT2D eigenvalue weighted by atomic mass is 10.0. The summed E-state index contributed by atoms with van der Waals surface area (Å²) < 4.78 is 22.5. The molecular formula is C25H26O6. The lowest BCUT2D eigenvalue weighted by molar-refractivity contribution is 0.0449. The van der Waals surface area contributed by atoms with Gasteiger partial charge in [0, 0.05) is 5.56 Å². The van der Waals surface area contributed by atoms with Gasteiger partial charge in [0.15, 0.2) is 23.0 Å². The number of ether oxygens (including phenoxy) is 4. The lowest BCUT2D eigenvalue weighted by Gasteiger charge is -2.23. The summed E-state index contributed by atoms with van der Waals surface area (Å²) in [5.41, 5.74) is 2.15. The van der Waals surface area contributed by atoms with Crippen LogP contribution in [0.4, 0.5) is 0 Å². The number of methoxy groups -OCH3 is 2. The molecule has 0 saturated carbocycles. The van der Waals surface area contributed by atoms with E-state index in [-0.39, 0.29) is 0 Å². The van der Waals surface area contributed by atoms with E-state index in [9.17, 15) is 9.90 Å². The minimum absolute atomic E-state index is 0.412. The van der Waals surface area contributed by atoms with E-state index in [4.69, 9.17) is 18.9 Å². The third-order valence-electron chi connectivity index (χ3n) is 4.85. The van der Waals surface area contributed by atoms with Gasteiger partial charge >= 0.3 is 0 Å². The van der Waals surface area contributed by atoms with Crippen molar-refractivity contribution in [3.8, 4) is 23.0 Å². The summed E-state index contributed by atoms with van der Waals surface area (Å²) in [6.07, 6.45) is -0.776. The molecule has 0 heterocycles. The predicted octanol–water partition coefficient (Wildman–Crippen LogP) is 4.60. The molecule has 0 bridgehead atoms. The molecule has 0 aromatic heterocycles. The van der Waals surface area contributed by atoms with Crippen molar-refractivity contribution in [2.75, 3.05) is 14.2 Å². The van der Waals surface area contributed by atoms with Crippen molar-refractivity contribution in [1.82, 2.24) is 0 Å². The van der Waals surface area contributed by atoms with E-state index in [1.165, 1.54) is 7.11 Å². The van der Waals surface area contributed by atoms with Crippen LogP contribution >= 0.6 is 0 Å². The van der Waals surface area contributed by atoms with Crippen LogP contribution in [0.5, 0.6) is 23.0 Å². The number of rotatable bonds is 10. The molecule has 0 radical (unpaired) electrons. The molecule has 0 unspecified atom stereocenters. The highest BCUT2D eigenvalue weighted by molar-refractivity contribution is 5.76. The summed E-state index contributed by atoms with van der Waals surface area (Å²) in [5.74, 6) is 1.97. The van der Waals surface area contributed by atoms with Crippen LogP contribution < -0.4 is 18.9 Å². The van der Waals surface area contributed by atoms with E-state index >= 15 is 0 Å². The van der Waals surface area contributed by atoms with Gasteiger partial charge in [0.1, 0.15) is 25.1 Å². The Kier molecular flexibility index (Phi) is 7.51. The molecular weight excluding hydrogens is 396 g/mol. The maximum atomic E-state index is 11.0. The summed E-state index contributed by atoms with van der Waals surface area (Å²) in [7, 11) is 3.05. The van der Waals surface area contributed by atoms with Crippen molar-refractivity contribution in [3.63, 3.8) is 0 Å². The fraction of sp³-hybridized carbons (Fsp3) is 0.240. The predicted molar refractivity (Wildman–Crippen MR) is 117 cm³/mol. The zero-order valence-corrected chi connectivity index (χ0v) is 17.8. The Morgan fingerprint density at radius 1 is 0.871 bits per heavy atom. The summed E-state index contributed by atoms with van der Waals surface area (Å²) in [6, 6.07) is 20.0. The number of aliphatic hydroxyl groups excluding tert-OH is 1. The number of aliphatic hydroxyl groups is 1. The van der Waals surface area contributed by atoms with Crippen LogP contribution in [0.1, 0.15) is 34.5 Å².